The number of rotatable bonds is 4. The van der Waals surface area contributed by atoms with Crippen LogP contribution in [0.2, 0.25) is 0 Å². The fourth-order valence-electron chi connectivity index (χ4n) is 2.59. The highest BCUT2D eigenvalue weighted by Gasteiger charge is 2.30. The molecule has 0 saturated carbocycles. The molecule has 0 aliphatic rings. The second-order valence-corrected chi connectivity index (χ2v) is 5.86. The van der Waals surface area contributed by atoms with Crippen molar-refractivity contribution in [2.45, 2.75) is 39.4 Å². The van der Waals surface area contributed by atoms with Gasteiger partial charge in [0, 0.05) is 18.3 Å². The number of aromatic nitrogens is 2. The third-order valence-electron chi connectivity index (χ3n) is 4.09. The summed E-state index contributed by atoms with van der Waals surface area (Å²) in [6, 6.07) is 4.47. The first-order chi connectivity index (χ1) is 11.1. The maximum atomic E-state index is 12.8. The van der Waals surface area contributed by atoms with Crippen LogP contribution in [0.25, 0.3) is 0 Å². The molecule has 2 rings (SSSR count). The third kappa shape index (κ3) is 3.96. The minimum atomic E-state index is -4.40. The molecule has 7 heteroatoms. The Morgan fingerprint density at radius 3 is 2.54 bits per heavy atom. The lowest BCUT2D eigenvalue weighted by atomic mass is 10.0. The number of carbonyl (C=O) groups is 1. The quantitative estimate of drug-likeness (QED) is 0.927. The van der Waals surface area contributed by atoms with Crippen LogP contribution in [0.4, 0.5) is 13.2 Å². The molecule has 4 nitrogen and oxygen atoms in total. The zero-order valence-electron chi connectivity index (χ0n) is 14.0. The molecule has 1 aromatic heterocycles. The van der Waals surface area contributed by atoms with Gasteiger partial charge in [-0.3, -0.25) is 9.48 Å². The van der Waals surface area contributed by atoms with E-state index in [4.69, 9.17) is 0 Å². The summed E-state index contributed by atoms with van der Waals surface area (Å²) >= 11 is 0. The fourth-order valence-corrected chi connectivity index (χ4v) is 2.59. The zero-order valence-corrected chi connectivity index (χ0v) is 14.0. The number of nitrogens with one attached hydrogen (secondary N) is 1. The summed E-state index contributed by atoms with van der Waals surface area (Å²) in [5.41, 5.74) is 2.20. The maximum absolute atomic E-state index is 12.8. The van der Waals surface area contributed by atoms with E-state index in [2.05, 4.69) is 10.4 Å². The lowest BCUT2D eigenvalue weighted by Gasteiger charge is -2.16. The molecule has 2 aromatic rings. The van der Waals surface area contributed by atoms with Crippen LogP contribution >= 0.6 is 0 Å². The molecule has 1 N–H and O–H groups in total. The van der Waals surface area contributed by atoms with Crippen LogP contribution in [0.3, 0.4) is 0 Å². The molecular weight excluding hydrogens is 319 g/mol. The minimum absolute atomic E-state index is 0.148. The molecule has 1 amide bonds. The third-order valence-corrected chi connectivity index (χ3v) is 4.09. The highest BCUT2D eigenvalue weighted by atomic mass is 19.4. The van der Waals surface area contributed by atoms with Gasteiger partial charge in [0.15, 0.2) is 0 Å². The Hall–Kier alpha value is -2.31. The minimum Gasteiger partial charge on any atom is -0.349 e. The Labute approximate surface area is 138 Å². The average Bonchev–Trinajstić information content (AvgIpc) is 2.73. The van der Waals surface area contributed by atoms with Gasteiger partial charge in [-0.2, -0.15) is 18.3 Å². The molecule has 1 atom stereocenters. The second kappa shape index (κ2) is 6.67. The summed E-state index contributed by atoms with van der Waals surface area (Å²) < 4.78 is 40.0. The molecule has 0 radical (unpaired) electrons. The van der Waals surface area contributed by atoms with Crippen LogP contribution in [0, 0.1) is 13.8 Å². The van der Waals surface area contributed by atoms with E-state index in [0.717, 1.165) is 29.1 Å². The Balaban J connectivity index is 2.09. The highest BCUT2D eigenvalue weighted by molar-refractivity contribution is 5.79. The van der Waals surface area contributed by atoms with Gasteiger partial charge in [0.25, 0.3) is 0 Å². The van der Waals surface area contributed by atoms with Crippen LogP contribution in [0.1, 0.15) is 41.0 Å². The number of benzene rings is 1. The molecule has 0 saturated heterocycles. The van der Waals surface area contributed by atoms with Gasteiger partial charge in [-0.15, -0.1) is 0 Å². The van der Waals surface area contributed by atoms with E-state index >= 15 is 0 Å². The van der Waals surface area contributed by atoms with Crippen LogP contribution < -0.4 is 5.32 Å². The van der Waals surface area contributed by atoms with Crippen molar-refractivity contribution in [3.05, 3.63) is 52.3 Å². The predicted molar refractivity (Wildman–Crippen MR) is 84.4 cm³/mol. The number of alkyl halides is 3. The van der Waals surface area contributed by atoms with Crippen molar-refractivity contribution >= 4 is 5.91 Å². The summed E-state index contributed by atoms with van der Waals surface area (Å²) in [6.07, 6.45) is -4.25. The summed E-state index contributed by atoms with van der Waals surface area (Å²) in [6.45, 7) is 5.36. The summed E-state index contributed by atoms with van der Waals surface area (Å²) in [7, 11) is 1.80. The largest absolute Gasteiger partial charge is 0.416 e. The van der Waals surface area contributed by atoms with Crippen molar-refractivity contribution < 1.29 is 18.0 Å². The molecule has 0 aliphatic carbocycles. The Kier molecular flexibility index (Phi) is 5.01. The summed E-state index contributed by atoms with van der Waals surface area (Å²) in [5.74, 6) is -0.251. The van der Waals surface area contributed by atoms with Crippen molar-refractivity contribution in [1.82, 2.24) is 15.1 Å². The van der Waals surface area contributed by atoms with E-state index in [1.165, 1.54) is 6.07 Å². The van der Waals surface area contributed by atoms with Crippen LogP contribution in [0.5, 0.6) is 0 Å². The lowest BCUT2D eigenvalue weighted by molar-refractivity contribution is -0.137. The molecule has 1 aromatic carbocycles. The van der Waals surface area contributed by atoms with Gasteiger partial charge in [-0.1, -0.05) is 12.1 Å². The van der Waals surface area contributed by atoms with E-state index in [9.17, 15) is 18.0 Å². The summed E-state index contributed by atoms with van der Waals surface area (Å²) in [5, 5.41) is 6.99. The first kappa shape index (κ1) is 18.0. The van der Waals surface area contributed by atoms with Crippen molar-refractivity contribution in [1.29, 1.82) is 0 Å². The Morgan fingerprint density at radius 1 is 1.33 bits per heavy atom. The molecule has 0 aliphatic heterocycles. The number of amides is 1. The smallest absolute Gasteiger partial charge is 0.349 e. The second-order valence-electron chi connectivity index (χ2n) is 5.86. The van der Waals surface area contributed by atoms with Gasteiger partial charge in [0.05, 0.1) is 23.7 Å². The number of hydrogen-bond donors (Lipinski definition) is 1. The van der Waals surface area contributed by atoms with Crippen LogP contribution in [0.15, 0.2) is 24.3 Å². The van der Waals surface area contributed by atoms with Crippen molar-refractivity contribution in [2.24, 2.45) is 7.05 Å². The monoisotopic (exact) mass is 339 g/mol. The SMILES string of the molecule is Cc1nn(C)c(C)c1CC(=O)NC(C)c1cccc(C(F)(F)F)c1. The van der Waals surface area contributed by atoms with Crippen molar-refractivity contribution in [3.63, 3.8) is 0 Å². The molecule has 0 fully saturated rings. The lowest BCUT2D eigenvalue weighted by Crippen LogP contribution is -2.28. The predicted octanol–water partition coefficient (Wildman–Crippen LogP) is 3.48. The number of aryl methyl sites for hydroxylation is 2. The number of halogens is 3. The van der Waals surface area contributed by atoms with E-state index in [0.29, 0.717) is 5.56 Å². The number of nitrogens with zero attached hydrogens (tertiary/aromatic N) is 2. The fraction of sp³-hybridized carbons (Fsp3) is 0.412. The zero-order chi connectivity index (χ0) is 18.1. The molecule has 24 heavy (non-hydrogen) atoms. The van der Waals surface area contributed by atoms with Gasteiger partial charge in [0.1, 0.15) is 0 Å². The van der Waals surface area contributed by atoms with E-state index in [-0.39, 0.29) is 12.3 Å². The van der Waals surface area contributed by atoms with Gasteiger partial charge < -0.3 is 5.32 Å². The van der Waals surface area contributed by atoms with E-state index < -0.39 is 17.8 Å². The molecular formula is C17H20F3N3O. The Bertz CT molecular complexity index is 750. The van der Waals surface area contributed by atoms with Gasteiger partial charge in [-0.25, -0.2) is 0 Å². The molecule has 1 unspecified atom stereocenters. The van der Waals surface area contributed by atoms with Gasteiger partial charge in [-0.05, 0) is 38.5 Å². The number of carbonyl (C=O) groups excluding carboxylic acids is 1. The molecule has 0 bridgehead atoms. The van der Waals surface area contributed by atoms with Crippen LogP contribution in [-0.4, -0.2) is 15.7 Å². The highest BCUT2D eigenvalue weighted by Crippen LogP contribution is 2.30. The van der Waals surface area contributed by atoms with Gasteiger partial charge in [0.2, 0.25) is 5.91 Å². The molecule has 0 spiro atoms. The first-order valence-electron chi connectivity index (χ1n) is 7.55. The summed E-state index contributed by atoms with van der Waals surface area (Å²) in [4.78, 5) is 12.2. The normalized spacial score (nSPS) is 13.0. The average molecular weight is 339 g/mol. The number of hydrogen-bond acceptors (Lipinski definition) is 2. The van der Waals surface area contributed by atoms with Crippen LogP contribution in [-0.2, 0) is 24.4 Å². The topological polar surface area (TPSA) is 46.9 Å². The maximum Gasteiger partial charge on any atom is 0.416 e. The molecule has 1 heterocycles. The molecule has 130 valence electrons. The first-order valence-corrected chi connectivity index (χ1v) is 7.55. The van der Waals surface area contributed by atoms with E-state index in [1.807, 2.05) is 13.8 Å². The van der Waals surface area contributed by atoms with E-state index in [1.54, 1.807) is 24.7 Å². The van der Waals surface area contributed by atoms with Crippen molar-refractivity contribution in [3.8, 4) is 0 Å². The standard InChI is InChI=1S/C17H20F3N3O/c1-10(13-6-5-7-14(8-13)17(18,19)20)21-16(24)9-15-11(2)22-23(4)12(15)3/h5-8,10H,9H2,1-4H3,(H,21,24). The Morgan fingerprint density at radius 2 is 2.00 bits per heavy atom. The van der Waals surface area contributed by atoms with Crippen molar-refractivity contribution in [2.75, 3.05) is 0 Å². The van der Waals surface area contributed by atoms with Gasteiger partial charge >= 0.3 is 6.18 Å².